The SMILES string of the molecule is CCCCCc1ccc(-c2ccc(-c3ccc(C(=O)OCCCCCCCOC(C)C(F)(F)F)cc3)nc2)cc1. The van der Waals surface area contributed by atoms with Gasteiger partial charge in [-0.05, 0) is 61.9 Å². The van der Waals surface area contributed by atoms with E-state index < -0.39 is 12.3 Å². The van der Waals surface area contributed by atoms with Gasteiger partial charge in [0.05, 0.1) is 17.9 Å². The van der Waals surface area contributed by atoms with Gasteiger partial charge in [-0.25, -0.2) is 4.79 Å². The van der Waals surface area contributed by atoms with Crippen LogP contribution in [-0.4, -0.2) is 36.4 Å². The van der Waals surface area contributed by atoms with Gasteiger partial charge in [0.15, 0.2) is 6.10 Å². The van der Waals surface area contributed by atoms with Gasteiger partial charge < -0.3 is 9.47 Å². The minimum atomic E-state index is -4.31. The number of aromatic nitrogens is 1. The van der Waals surface area contributed by atoms with Gasteiger partial charge in [0, 0.05) is 23.9 Å². The van der Waals surface area contributed by atoms with E-state index >= 15 is 0 Å². The molecule has 0 N–H and O–H groups in total. The number of ether oxygens (including phenoxy) is 2. The lowest BCUT2D eigenvalue weighted by molar-refractivity contribution is -0.214. The minimum Gasteiger partial charge on any atom is -0.462 e. The first kappa shape index (κ1) is 31.3. The lowest BCUT2D eigenvalue weighted by Crippen LogP contribution is -2.28. The molecule has 2 aromatic carbocycles. The Balaban J connectivity index is 1.36. The van der Waals surface area contributed by atoms with Gasteiger partial charge >= 0.3 is 12.1 Å². The Morgan fingerprint density at radius 3 is 2.02 bits per heavy atom. The Labute approximate surface area is 235 Å². The van der Waals surface area contributed by atoms with Crippen molar-refractivity contribution in [2.75, 3.05) is 13.2 Å². The Morgan fingerprint density at radius 1 is 0.775 bits per heavy atom. The molecule has 0 fully saturated rings. The highest BCUT2D eigenvalue weighted by Crippen LogP contribution is 2.24. The second kappa shape index (κ2) is 16.2. The average Bonchev–Trinajstić information content (AvgIpc) is 2.96. The minimum absolute atomic E-state index is 0.0956. The number of hydrogen-bond acceptors (Lipinski definition) is 4. The molecule has 0 aliphatic carbocycles. The molecule has 3 rings (SSSR count). The second-order valence-electron chi connectivity index (χ2n) is 10.1. The summed E-state index contributed by atoms with van der Waals surface area (Å²) < 4.78 is 47.3. The van der Waals surface area contributed by atoms with Crippen LogP contribution < -0.4 is 0 Å². The third-order valence-electron chi connectivity index (χ3n) is 6.89. The molecule has 40 heavy (non-hydrogen) atoms. The first-order chi connectivity index (χ1) is 19.3. The summed E-state index contributed by atoms with van der Waals surface area (Å²) in [7, 11) is 0. The van der Waals surface area contributed by atoms with Crippen molar-refractivity contribution >= 4 is 5.97 Å². The van der Waals surface area contributed by atoms with E-state index in [2.05, 4.69) is 42.2 Å². The van der Waals surface area contributed by atoms with E-state index in [-0.39, 0.29) is 12.6 Å². The normalized spacial score (nSPS) is 12.3. The Bertz CT molecular complexity index is 1140. The lowest BCUT2D eigenvalue weighted by Gasteiger charge is -2.16. The summed E-state index contributed by atoms with van der Waals surface area (Å²) in [5.74, 6) is -0.373. The van der Waals surface area contributed by atoms with Crippen molar-refractivity contribution in [3.8, 4) is 22.4 Å². The van der Waals surface area contributed by atoms with Crippen LogP contribution in [0.5, 0.6) is 0 Å². The molecule has 0 saturated carbocycles. The van der Waals surface area contributed by atoms with Crippen LogP contribution in [0.4, 0.5) is 13.2 Å². The number of pyridine rings is 1. The quantitative estimate of drug-likeness (QED) is 0.131. The van der Waals surface area contributed by atoms with Crippen LogP contribution >= 0.6 is 0 Å². The van der Waals surface area contributed by atoms with E-state index in [0.29, 0.717) is 25.0 Å². The number of unbranched alkanes of at least 4 members (excludes halogenated alkanes) is 6. The number of aryl methyl sites for hydroxylation is 1. The molecule has 0 radical (unpaired) electrons. The smallest absolute Gasteiger partial charge is 0.414 e. The third kappa shape index (κ3) is 10.4. The fraction of sp³-hybridized carbons (Fsp3) is 0.455. The number of halogens is 3. The van der Waals surface area contributed by atoms with Crippen molar-refractivity contribution in [2.45, 2.75) is 83.9 Å². The molecular formula is C33H40F3NO3. The first-order valence-corrected chi connectivity index (χ1v) is 14.3. The molecule has 0 amide bonds. The molecule has 0 aliphatic rings. The van der Waals surface area contributed by atoms with Crippen LogP contribution in [0.2, 0.25) is 0 Å². The maximum absolute atomic E-state index is 12.4. The highest BCUT2D eigenvalue weighted by atomic mass is 19.4. The van der Waals surface area contributed by atoms with Gasteiger partial charge in [0.2, 0.25) is 0 Å². The monoisotopic (exact) mass is 555 g/mol. The maximum Gasteiger partial charge on any atom is 0.414 e. The van der Waals surface area contributed by atoms with Crippen LogP contribution in [-0.2, 0) is 15.9 Å². The zero-order chi connectivity index (χ0) is 28.8. The second-order valence-corrected chi connectivity index (χ2v) is 10.1. The van der Waals surface area contributed by atoms with Crippen molar-refractivity contribution in [3.05, 3.63) is 78.0 Å². The molecule has 216 valence electrons. The summed E-state index contributed by atoms with van der Waals surface area (Å²) in [5.41, 5.74) is 5.80. The Morgan fingerprint density at radius 2 is 1.40 bits per heavy atom. The molecule has 0 bridgehead atoms. The molecule has 7 heteroatoms. The number of benzene rings is 2. The number of hydrogen-bond donors (Lipinski definition) is 0. The highest BCUT2D eigenvalue weighted by molar-refractivity contribution is 5.90. The summed E-state index contributed by atoms with van der Waals surface area (Å²) in [6, 6.07) is 20.0. The van der Waals surface area contributed by atoms with Gasteiger partial charge in [0.25, 0.3) is 0 Å². The van der Waals surface area contributed by atoms with Crippen LogP contribution in [0, 0.1) is 0 Å². The largest absolute Gasteiger partial charge is 0.462 e. The van der Waals surface area contributed by atoms with Gasteiger partial charge in [-0.2, -0.15) is 13.2 Å². The number of alkyl halides is 3. The molecule has 1 heterocycles. The average molecular weight is 556 g/mol. The van der Waals surface area contributed by atoms with Crippen LogP contribution in [0.3, 0.4) is 0 Å². The molecule has 1 atom stereocenters. The van der Waals surface area contributed by atoms with Gasteiger partial charge in [-0.3, -0.25) is 4.98 Å². The van der Waals surface area contributed by atoms with Crippen molar-refractivity contribution in [1.29, 1.82) is 0 Å². The Hall–Kier alpha value is -3.19. The van der Waals surface area contributed by atoms with Crippen molar-refractivity contribution in [1.82, 2.24) is 4.98 Å². The van der Waals surface area contributed by atoms with E-state index in [9.17, 15) is 18.0 Å². The van der Waals surface area contributed by atoms with Gasteiger partial charge in [-0.15, -0.1) is 0 Å². The van der Waals surface area contributed by atoms with Crippen molar-refractivity contribution in [3.63, 3.8) is 0 Å². The maximum atomic E-state index is 12.4. The fourth-order valence-electron chi connectivity index (χ4n) is 4.29. The lowest BCUT2D eigenvalue weighted by atomic mass is 10.0. The fourth-order valence-corrected chi connectivity index (χ4v) is 4.29. The predicted octanol–water partition coefficient (Wildman–Crippen LogP) is 9.22. The standard InChI is InChI=1S/C33H40F3NO3/c1-3-4-8-11-26-12-14-27(15-13-26)30-20-21-31(37-24-30)28-16-18-29(19-17-28)32(38)40-23-10-7-5-6-9-22-39-25(2)33(34,35)36/h12-21,24-25H,3-11,22-23H2,1-2H3. The summed E-state index contributed by atoms with van der Waals surface area (Å²) in [6.07, 6.45) is 4.42. The number of carbonyl (C=O) groups excluding carboxylic acids is 1. The van der Waals surface area contributed by atoms with E-state index in [1.54, 1.807) is 12.1 Å². The van der Waals surface area contributed by atoms with Crippen molar-refractivity contribution in [2.24, 2.45) is 0 Å². The molecule has 0 aliphatic heterocycles. The summed E-state index contributed by atoms with van der Waals surface area (Å²) in [6.45, 7) is 3.64. The molecule has 0 spiro atoms. The molecule has 4 nitrogen and oxygen atoms in total. The van der Waals surface area contributed by atoms with E-state index in [1.165, 1.54) is 24.8 Å². The molecule has 1 aromatic heterocycles. The summed E-state index contributed by atoms with van der Waals surface area (Å²) in [4.78, 5) is 17.0. The summed E-state index contributed by atoms with van der Waals surface area (Å²) in [5, 5.41) is 0. The molecular weight excluding hydrogens is 515 g/mol. The van der Waals surface area contributed by atoms with Gasteiger partial charge in [-0.1, -0.05) is 81.5 Å². The van der Waals surface area contributed by atoms with E-state index in [1.807, 2.05) is 24.4 Å². The summed E-state index contributed by atoms with van der Waals surface area (Å²) >= 11 is 0. The third-order valence-corrected chi connectivity index (χ3v) is 6.89. The number of carbonyl (C=O) groups is 1. The van der Waals surface area contributed by atoms with Crippen LogP contribution in [0.1, 0.15) is 81.1 Å². The molecule has 3 aromatic rings. The molecule has 0 saturated heterocycles. The first-order valence-electron chi connectivity index (χ1n) is 14.3. The van der Waals surface area contributed by atoms with Gasteiger partial charge in [0.1, 0.15) is 0 Å². The zero-order valence-corrected chi connectivity index (χ0v) is 23.5. The zero-order valence-electron chi connectivity index (χ0n) is 23.5. The molecule has 1 unspecified atom stereocenters. The topological polar surface area (TPSA) is 48.4 Å². The number of esters is 1. The van der Waals surface area contributed by atoms with E-state index in [0.717, 1.165) is 55.0 Å². The van der Waals surface area contributed by atoms with Crippen LogP contribution in [0.25, 0.3) is 22.4 Å². The number of nitrogens with zero attached hydrogens (tertiary/aromatic N) is 1. The number of rotatable bonds is 16. The predicted molar refractivity (Wildman–Crippen MR) is 153 cm³/mol. The van der Waals surface area contributed by atoms with Crippen LogP contribution in [0.15, 0.2) is 66.9 Å². The van der Waals surface area contributed by atoms with Crippen molar-refractivity contribution < 1.29 is 27.4 Å². The van der Waals surface area contributed by atoms with E-state index in [4.69, 9.17) is 9.47 Å². The highest BCUT2D eigenvalue weighted by Gasteiger charge is 2.36. The Kier molecular flexibility index (Phi) is 12.7.